The van der Waals surface area contributed by atoms with Gasteiger partial charge >= 0.3 is 6.18 Å². The van der Waals surface area contributed by atoms with Crippen LogP contribution in [0.2, 0.25) is 0 Å². The van der Waals surface area contributed by atoms with Crippen molar-refractivity contribution in [3.63, 3.8) is 0 Å². The molecule has 0 radical (unpaired) electrons. The molecule has 2 fully saturated rings. The van der Waals surface area contributed by atoms with Crippen LogP contribution >= 0.6 is 11.8 Å². The van der Waals surface area contributed by atoms with Crippen molar-refractivity contribution in [3.8, 4) is 0 Å². The van der Waals surface area contributed by atoms with Gasteiger partial charge in [-0.05, 0) is 0 Å². The first kappa shape index (κ1) is 13.0. The number of likely N-dealkylation sites (tertiary alicyclic amines) is 1. The molecule has 2 aliphatic heterocycles. The second-order valence-corrected chi connectivity index (χ2v) is 5.34. The number of carbonyl (C=O) groups is 1. The summed E-state index contributed by atoms with van der Waals surface area (Å²) in [5, 5.41) is 12.4. The molecule has 4 nitrogen and oxygen atoms in total. The number of halogens is 3. The molecule has 2 atom stereocenters. The van der Waals surface area contributed by atoms with Crippen molar-refractivity contribution in [1.82, 2.24) is 10.2 Å². The SMILES string of the molecule is O=C([C@@H]1CSCN1)N1CC[C@](O)(C(F)(F)F)C1. The van der Waals surface area contributed by atoms with Gasteiger partial charge in [-0.1, -0.05) is 0 Å². The average Bonchev–Trinajstić information content (AvgIpc) is 2.84. The Labute approximate surface area is 101 Å². The highest BCUT2D eigenvalue weighted by Crippen LogP contribution is 2.37. The van der Waals surface area contributed by atoms with Crippen LogP contribution in [0, 0.1) is 0 Å². The Balaban J connectivity index is 2.00. The predicted molar refractivity (Wildman–Crippen MR) is 56.5 cm³/mol. The Morgan fingerprint density at radius 3 is 2.71 bits per heavy atom. The number of rotatable bonds is 1. The molecular weight excluding hydrogens is 257 g/mol. The number of hydrogen-bond donors (Lipinski definition) is 2. The van der Waals surface area contributed by atoms with Crippen molar-refractivity contribution in [2.45, 2.75) is 24.2 Å². The third-order valence-electron chi connectivity index (χ3n) is 3.10. The predicted octanol–water partition coefficient (Wildman–Crippen LogP) is 0.175. The molecule has 0 unspecified atom stereocenters. The Bertz CT molecular complexity index is 320. The molecule has 2 heterocycles. The van der Waals surface area contributed by atoms with E-state index in [1.807, 2.05) is 0 Å². The zero-order valence-corrected chi connectivity index (χ0v) is 9.77. The van der Waals surface area contributed by atoms with E-state index in [-0.39, 0.29) is 12.5 Å². The van der Waals surface area contributed by atoms with E-state index in [0.717, 1.165) is 4.90 Å². The summed E-state index contributed by atoms with van der Waals surface area (Å²) in [6.07, 6.45) is -5.12. The van der Waals surface area contributed by atoms with Gasteiger partial charge in [-0.15, -0.1) is 11.8 Å². The van der Waals surface area contributed by atoms with Crippen LogP contribution in [-0.2, 0) is 4.79 Å². The minimum absolute atomic E-state index is 0.0440. The molecule has 2 rings (SSSR count). The molecule has 98 valence electrons. The second kappa shape index (κ2) is 4.33. The van der Waals surface area contributed by atoms with Gasteiger partial charge in [-0.3, -0.25) is 10.1 Å². The molecule has 1 amide bonds. The number of nitrogens with one attached hydrogen (secondary N) is 1. The summed E-state index contributed by atoms with van der Waals surface area (Å²) in [5.41, 5.74) is -2.74. The number of amides is 1. The quantitative estimate of drug-likeness (QED) is 0.713. The van der Waals surface area contributed by atoms with Crippen molar-refractivity contribution in [3.05, 3.63) is 0 Å². The van der Waals surface area contributed by atoms with E-state index in [2.05, 4.69) is 5.32 Å². The molecule has 0 aromatic heterocycles. The molecule has 0 aromatic rings. The maximum absolute atomic E-state index is 12.6. The minimum Gasteiger partial charge on any atom is -0.379 e. The maximum Gasteiger partial charge on any atom is 0.419 e. The summed E-state index contributed by atoms with van der Waals surface area (Å²) < 4.78 is 37.7. The summed E-state index contributed by atoms with van der Waals surface area (Å²) in [4.78, 5) is 12.9. The third-order valence-corrected chi connectivity index (χ3v) is 4.04. The highest BCUT2D eigenvalue weighted by Gasteiger charge is 2.58. The minimum atomic E-state index is -4.68. The molecule has 8 heteroatoms. The Morgan fingerprint density at radius 1 is 1.53 bits per heavy atom. The van der Waals surface area contributed by atoms with Crippen LogP contribution in [0.1, 0.15) is 6.42 Å². The second-order valence-electron chi connectivity index (χ2n) is 4.31. The highest BCUT2D eigenvalue weighted by atomic mass is 32.2. The van der Waals surface area contributed by atoms with Gasteiger partial charge in [0.05, 0.1) is 12.6 Å². The van der Waals surface area contributed by atoms with Crippen molar-refractivity contribution in [1.29, 1.82) is 0 Å². The van der Waals surface area contributed by atoms with E-state index in [0.29, 0.717) is 11.6 Å². The first-order valence-corrected chi connectivity index (χ1v) is 6.38. The van der Waals surface area contributed by atoms with E-state index < -0.39 is 30.8 Å². The first-order chi connectivity index (χ1) is 7.83. The Hall–Kier alpha value is -0.470. The number of nitrogens with zero attached hydrogens (tertiary/aromatic N) is 1. The fourth-order valence-corrected chi connectivity index (χ4v) is 2.92. The number of β-amino-alcohol motifs (C(OH)–C–C–N with tert-alkyl or cyclic N) is 1. The molecule has 2 aliphatic rings. The zero-order valence-electron chi connectivity index (χ0n) is 8.96. The van der Waals surface area contributed by atoms with Crippen molar-refractivity contribution in [2.75, 3.05) is 24.7 Å². The number of alkyl halides is 3. The number of aliphatic hydroxyl groups is 1. The van der Waals surface area contributed by atoms with Crippen LogP contribution < -0.4 is 5.32 Å². The lowest BCUT2D eigenvalue weighted by Crippen LogP contribution is -2.50. The van der Waals surface area contributed by atoms with Crippen molar-refractivity contribution in [2.24, 2.45) is 0 Å². The summed E-state index contributed by atoms with van der Waals surface area (Å²) in [6, 6.07) is -0.421. The van der Waals surface area contributed by atoms with E-state index in [9.17, 15) is 23.1 Å². The fourth-order valence-electron chi connectivity index (χ4n) is 1.99. The molecule has 0 aliphatic carbocycles. The van der Waals surface area contributed by atoms with Crippen LogP contribution in [-0.4, -0.2) is 58.5 Å². The summed E-state index contributed by atoms with van der Waals surface area (Å²) in [5.74, 6) is 0.850. The van der Waals surface area contributed by atoms with Gasteiger partial charge in [0.25, 0.3) is 0 Å². The van der Waals surface area contributed by atoms with Crippen LogP contribution in [0.3, 0.4) is 0 Å². The van der Waals surface area contributed by atoms with Crippen molar-refractivity contribution < 1.29 is 23.1 Å². The van der Waals surface area contributed by atoms with Crippen LogP contribution in [0.25, 0.3) is 0 Å². The number of carbonyl (C=O) groups excluding carboxylic acids is 1. The lowest BCUT2D eigenvalue weighted by atomic mass is 10.0. The number of thioether (sulfide) groups is 1. The average molecular weight is 270 g/mol. The van der Waals surface area contributed by atoms with Gasteiger partial charge in [-0.2, -0.15) is 13.2 Å². The summed E-state index contributed by atoms with van der Waals surface area (Å²) >= 11 is 1.53. The van der Waals surface area contributed by atoms with Gasteiger partial charge in [0.2, 0.25) is 5.91 Å². The first-order valence-electron chi connectivity index (χ1n) is 5.22. The Morgan fingerprint density at radius 2 is 2.24 bits per heavy atom. The van der Waals surface area contributed by atoms with Gasteiger partial charge in [0.1, 0.15) is 0 Å². The monoisotopic (exact) mass is 270 g/mol. The smallest absolute Gasteiger partial charge is 0.379 e. The molecule has 0 saturated carbocycles. The number of hydrogen-bond acceptors (Lipinski definition) is 4. The Kier molecular flexibility index (Phi) is 3.30. The van der Waals surface area contributed by atoms with E-state index in [1.54, 1.807) is 0 Å². The van der Waals surface area contributed by atoms with Gasteiger partial charge in [0.15, 0.2) is 5.60 Å². The molecule has 0 spiro atoms. The molecule has 2 saturated heterocycles. The van der Waals surface area contributed by atoms with Crippen LogP contribution in [0.15, 0.2) is 0 Å². The molecule has 0 bridgehead atoms. The standard InChI is InChI=1S/C9H13F3N2O2S/c10-9(11,12)8(16)1-2-14(4-8)7(15)6-3-17-5-13-6/h6,13,16H,1-5H2/t6-,8+/m0/s1. The van der Waals surface area contributed by atoms with E-state index in [4.69, 9.17) is 0 Å². The van der Waals surface area contributed by atoms with Crippen LogP contribution in [0.4, 0.5) is 13.2 Å². The fraction of sp³-hybridized carbons (Fsp3) is 0.889. The highest BCUT2D eigenvalue weighted by molar-refractivity contribution is 7.99. The largest absolute Gasteiger partial charge is 0.419 e. The van der Waals surface area contributed by atoms with Gasteiger partial charge < -0.3 is 10.0 Å². The van der Waals surface area contributed by atoms with Crippen LogP contribution in [0.5, 0.6) is 0 Å². The normalized spacial score (nSPS) is 34.4. The third kappa shape index (κ3) is 2.38. The zero-order chi connectivity index (χ0) is 12.7. The summed E-state index contributed by atoms with van der Waals surface area (Å²) in [6.45, 7) is -0.699. The van der Waals surface area contributed by atoms with Gasteiger partial charge in [-0.25, -0.2) is 0 Å². The topological polar surface area (TPSA) is 52.6 Å². The molecule has 17 heavy (non-hydrogen) atoms. The lowest BCUT2D eigenvalue weighted by molar-refractivity contribution is -0.253. The van der Waals surface area contributed by atoms with E-state index >= 15 is 0 Å². The maximum atomic E-state index is 12.6. The van der Waals surface area contributed by atoms with Crippen molar-refractivity contribution >= 4 is 17.7 Å². The molecule has 2 N–H and O–H groups in total. The lowest BCUT2D eigenvalue weighted by Gasteiger charge is -2.26. The van der Waals surface area contributed by atoms with Gasteiger partial charge in [0, 0.05) is 24.6 Å². The summed E-state index contributed by atoms with van der Waals surface area (Å²) in [7, 11) is 0. The molecular formula is C9H13F3N2O2S. The molecule has 0 aromatic carbocycles. The van der Waals surface area contributed by atoms with E-state index in [1.165, 1.54) is 11.8 Å².